The minimum absolute atomic E-state index is 0. The lowest BCUT2D eigenvalue weighted by atomic mass is 9.91. The minimum Gasteiger partial charge on any atom is -0.506 e. The number of nitrogens with two attached hydrogens (primary N) is 2. The van der Waals surface area contributed by atoms with Crippen molar-refractivity contribution in [1.82, 2.24) is 0 Å². The van der Waals surface area contributed by atoms with Gasteiger partial charge in [-0.2, -0.15) is 13.2 Å². The molecule has 0 spiro atoms. The summed E-state index contributed by atoms with van der Waals surface area (Å²) in [5.74, 6) is -2.49. The van der Waals surface area contributed by atoms with E-state index < -0.39 is 24.9 Å². The molecule has 8 heteroatoms. The number of alkyl halides is 3. The van der Waals surface area contributed by atoms with Gasteiger partial charge < -0.3 is 21.7 Å². The highest BCUT2D eigenvalue weighted by Gasteiger charge is 2.40. The highest BCUT2D eigenvalue weighted by atomic mass is 35.5. The molecular weight excluding hydrogens is 345 g/mol. The smallest absolute Gasteiger partial charge is 0.392 e. The Morgan fingerprint density at radius 2 is 1.21 bits per heavy atom. The summed E-state index contributed by atoms with van der Waals surface area (Å²) in [4.78, 5) is 0. The first-order valence-corrected chi connectivity index (χ1v) is 6.89. The molecule has 24 heavy (non-hydrogen) atoms. The monoisotopic (exact) mass is 362 g/mol. The Hall–Kier alpha value is -2.28. The second-order valence-electron chi connectivity index (χ2n) is 5.36. The summed E-state index contributed by atoms with van der Waals surface area (Å²) < 4.78 is 40.0. The summed E-state index contributed by atoms with van der Waals surface area (Å²) in [5, 5.41) is 19.6. The van der Waals surface area contributed by atoms with E-state index in [4.69, 9.17) is 11.5 Å². The van der Waals surface area contributed by atoms with E-state index in [-0.39, 0.29) is 46.4 Å². The molecule has 132 valence electrons. The van der Waals surface area contributed by atoms with Crippen molar-refractivity contribution < 1.29 is 23.4 Å². The van der Waals surface area contributed by atoms with Crippen molar-refractivity contribution in [2.45, 2.75) is 19.0 Å². The Bertz CT molecular complexity index is 655. The molecule has 0 aromatic heterocycles. The molecule has 4 nitrogen and oxygen atoms in total. The van der Waals surface area contributed by atoms with E-state index in [1.54, 1.807) is 0 Å². The summed E-state index contributed by atoms with van der Waals surface area (Å²) >= 11 is 0. The van der Waals surface area contributed by atoms with Crippen LogP contribution < -0.4 is 11.5 Å². The Morgan fingerprint density at radius 3 is 1.54 bits per heavy atom. The second-order valence-corrected chi connectivity index (χ2v) is 5.36. The number of nitrogen functional groups attached to an aromatic ring is 2. The summed E-state index contributed by atoms with van der Waals surface area (Å²) in [6.45, 7) is 0. The number of hydrogen-bond acceptors (Lipinski definition) is 4. The Morgan fingerprint density at radius 1 is 0.833 bits per heavy atom. The molecule has 2 aromatic rings. The van der Waals surface area contributed by atoms with E-state index in [9.17, 15) is 23.4 Å². The first kappa shape index (κ1) is 19.8. The molecule has 0 amide bonds. The van der Waals surface area contributed by atoms with Crippen molar-refractivity contribution in [1.29, 1.82) is 0 Å². The Kier molecular flexibility index (Phi) is 6.20. The van der Waals surface area contributed by atoms with E-state index in [1.807, 2.05) is 0 Å². The van der Waals surface area contributed by atoms with Crippen molar-refractivity contribution in [2.75, 3.05) is 11.5 Å². The third kappa shape index (κ3) is 4.38. The summed E-state index contributed by atoms with van der Waals surface area (Å²) in [7, 11) is 0. The van der Waals surface area contributed by atoms with Crippen LogP contribution in [0.4, 0.5) is 24.5 Å². The average molecular weight is 363 g/mol. The van der Waals surface area contributed by atoms with Gasteiger partial charge in [-0.3, -0.25) is 0 Å². The zero-order valence-electron chi connectivity index (χ0n) is 12.5. The van der Waals surface area contributed by atoms with E-state index >= 15 is 0 Å². The molecule has 0 saturated heterocycles. The fourth-order valence-electron chi connectivity index (χ4n) is 2.39. The van der Waals surface area contributed by atoms with Gasteiger partial charge in [0.1, 0.15) is 11.5 Å². The van der Waals surface area contributed by atoms with Crippen LogP contribution in [-0.4, -0.2) is 16.4 Å². The molecule has 0 atom stereocenters. The van der Waals surface area contributed by atoms with E-state index in [0.29, 0.717) is 0 Å². The number of halogens is 4. The van der Waals surface area contributed by atoms with Gasteiger partial charge in [-0.05, 0) is 36.1 Å². The SMILES string of the molecule is Cl.Nc1cccc(CC(Cc2cccc(N)c2O)C(F)(F)F)c1O. The number of aromatic hydroxyl groups is 2. The van der Waals surface area contributed by atoms with Crippen LogP contribution in [0.3, 0.4) is 0 Å². The molecule has 0 aliphatic heterocycles. The van der Waals surface area contributed by atoms with Gasteiger partial charge in [0.15, 0.2) is 0 Å². The molecule has 0 unspecified atom stereocenters. The van der Waals surface area contributed by atoms with Crippen LogP contribution >= 0.6 is 12.4 Å². The molecule has 0 aliphatic rings. The van der Waals surface area contributed by atoms with E-state index in [1.165, 1.54) is 36.4 Å². The van der Waals surface area contributed by atoms with Gasteiger partial charge in [0.2, 0.25) is 0 Å². The van der Waals surface area contributed by atoms with E-state index in [0.717, 1.165) is 0 Å². The van der Waals surface area contributed by atoms with Crippen LogP contribution in [0.25, 0.3) is 0 Å². The van der Waals surface area contributed by atoms with Gasteiger partial charge >= 0.3 is 6.18 Å². The fraction of sp³-hybridized carbons (Fsp3) is 0.250. The lowest BCUT2D eigenvalue weighted by molar-refractivity contribution is -0.174. The van der Waals surface area contributed by atoms with Crippen molar-refractivity contribution in [3.05, 3.63) is 47.5 Å². The first-order chi connectivity index (χ1) is 10.7. The third-order valence-electron chi connectivity index (χ3n) is 3.70. The third-order valence-corrected chi connectivity index (χ3v) is 3.70. The number of para-hydroxylation sites is 2. The molecule has 2 rings (SSSR count). The lowest BCUT2D eigenvalue weighted by Gasteiger charge is -2.22. The number of benzene rings is 2. The van der Waals surface area contributed by atoms with Gasteiger partial charge in [-0.1, -0.05) is 24.3 Å². The molecule has 6 N–H and O–H groups in total. The van der Waals surface area contributed by atoms with Crippen LogP contribution in [-0.2, 0) is 12.8 Å². The van der Waals surface area contributed by atoms with Crippen LogP contribution in [0.2, 0.25) is 0 Å². The summed E-state index contributed by atoms with van der Waals surface area (Å²) in [6.07, 6.45) is -5.41. The average Bonchev–Trinajstić information content (AvgIpc) is 2.46. The molecule has 0 aliphatic carbocycles. The zero-order valence-corrected chi connectivity index (χ0v) is 13.4. The van der Waals surface area contributed by atoms with Crippen molar-refractivity contribution in [2.24, 2.45) is 5.92 Å². The lowest BCUT2D eigenvalue weighted by Crippen LogP contribution is -2.27. The molecule has 2 aromatic carbocycles. The molecule has 0 radical (unpaired) electrons. The highest BCUT2D eigenvalue weighted by molar-refractivity contribution is 5.85. The Labute approximate surface area is 143 Å². The standard InChI is InChI=1S/C16H17F3N2O2.ClH/c17-16(18,19)11(7-9-3-1-5-12(20)14(9)22)8-10-4-2-6-13(21)15(10)23;/h1-6,11,22-23H,7-8,20-21H2;1H. The van der Waals surface area contributed by atoms with Crippen LogP contribution in [0.1, 0.15) is 11.1 Å². The number of hydrogen-bond donors (Lipinski definition) is 4. The predicted octanol–water partition coefficient (Wildman–Crippen LogP) is 3.65. The number of phenols is 2. The zero-order chi connectivity index (χ0) is 17.2. The predicted molar refractivity (Wildman–Crippen MR) is 89.2 cm³/mol. The van der Waals surface area contributed by atoms with Gasteiger partial charge in [0.25, 0.3) is 0 Å². The topological polar surface area (TPSA) is 92.5 Å². The second kappa shape index (κ2) is 7.53. The van der Waals surface area contributed by atoms with Gasteiger partial charge in [-0.15, -0.1) is 12.4 Å². The van der Waals surface area contributed by atoms with Gasteiger partial charge in [0.05, 0.1) is 17.3 Å². The Balaban J connectivity index is 0.00000288. The summed E-state index contributed by atoms with van der Waals surface area (Å²) in [6, 6.07) is 8.56. The maximum atomic E-state index is 13.3. The number of phenolic OH excluding ortho intramolecular Hbond substituents is 2. The van der Waals surface area contributed by atoms with Crippen LogP contribution in [0, 0.1) is 5.92 Å². The van der Waals surface area contributed by atoms with Gasteiger partial charge in [0, 0.05) is 0 Å². The first-order valence-electron chi connectivity index (χ1n) is 6.89. The largest absolute Gasteiger partial charge is 0.506 e. The number of rotatable bonds is 4. The molecule has 0 bridgehead atoms. The van der Waals surface area contributed by atoms with Crippen molar-refractivity contribution in [3.8, 4) is 11.5 Å². The molecular formula is C16H18ClF3N2O2. The maximum Gasteiger partial charge on any atom is 0.392 e. The van der Waals surface area contributed by atoms with E-state index in [2.05, 4.69) is 0 Å². The molecule has 0 saturated carbocycles. The normalized spacial score (nSPS) is 11.3. The molecule has 0 fully saturated rings. The van der Waals surface area contributed by atoms with Crippen molar-refractivity contribution >= 4 is 23.8 Å². The quantitative estimate of drug-likeness (QED) is 0.493. The van der Waals surface area contributed by atoms with Crippen LogP contribution in [0.5, 0.6) is 11.5 Å². The maximum absolute atomic E-state index is 13.3. The fourth-order valence-corrected chi connectivity index (χ4v) is 2.39. The van der Waals surface area contributed by atoms with Crippen LogP contribution in [0.15, 0.2) is 36.4 Å². The summed E-state index contributed by atoms with van der Waals surface area (Å²) in [5.41, 5.74) is 11.3. The minimum atomic E-state index is -4.51. The molecule has 0 heterocycles. The van der Waals surface area contributed by atoms with Gasteiger partial charge in [-0.25, -0.2) is 0 Å². The highest BCUT2D eigenvalue weighted by Crippen LogP contribution is 2.37. The number of anilines is 2. The van der Waals surface area contributed by atoms with Crippen molar-refractivity contribution in [3.63, 3.8) is 0 Å².